The van der Waals surface area contributed by atoms with Crippen LogP contribution in [0.3, 0.4) is 0 Å². The molecule has 0 aliphatic carbocycles. The maximum absolute atomic E-state index is 12.2. The van der Waals surface area contributed by atoms with E-state index in [1.54, 1.807) is 6.20 Å². The average molecular weight is 318 g/mol. The molecule has 22 heavy (non-hydrogen) atoms. The van der Waals surface area contributed by atoms with Gasteiger partial charge in [-0.15, -0.1) is 11.3 Å². The second-order valence-electron chi connectivity index (χ2n) is 5.66. The van der Waals surface area contributed by atoms with Gasteiger partial charge in [-0.3, -0.25) is 4.79 Å². The highest BCUT2D eigenvalue weighted by atomic mass is 32.1. The van der Waals surface area contributed by atoms with Crippen molar-refractivity contribution in [3.63, 3.8) is 0 Å². The number of anilines is 4. The summed E-state index contributed by atoms with van der Waals surface area (Å²) in [7, 11) is 0. The van der Waals surface area contributed by atoms with Crippen molar-refractivity contribution in [2.45, 2.75) is 33.2 Å². The predicted molar refractivity (Wildman–Crippen MR) is 87.7 cm³/mol. The summed E-state index contributed by atoms with van der Waals surface area (Å²) in [5.41, 5.74) is 0.570. The molecule has 0 saturated carbocycles. The summed E-state index contributed by atoms with van der Waals surface area (Å²) in [6.45, 7) is 6.16. The lowest BCUT2D eigenvalue weighted by molar-refractivity contribution is -0.117. The summed E-state index contributed by atoms with van der Waals surface area (Å²) in [5, 5.41) is 9.95. The first-order valence-electron chi connectivity index (χ1n) is 7.15. The van der Waals surface area contributed by atoms with Crippen LogP contribution in [0.25, 0.3) is 0 Å². The Balaban J connectivity index is 1.86. The van der Waals surface area contributed by atoms with Crippen molar-refractivity contribution in [3.05, 3.63) is 17.4 Å². The Bertz CT molecular complexity index is 698. The van der Waals surface area contributed by atoms with Gasteiger partial charge in [0.15, 0.2) is 16.8 Å². The van der Waals surface area contributed by atoms with Crippen molar-refractivity contribution in [2.24, 2.45) is 5.92 Å². The van der Waals surface area contributed by atoms with Gasteiger partial charge in [0.25, 0.3) is 0 Å². The zero-order chi connectivity index (χ0) is 15.7. The quantitative estimate of drug-likeness (QED) is 0.803. The highest BCUT2D eigenvalue weighted by Crippen LogP contribution is 2.33. The van der Waals surface area contributed by atoms with Crippen LogP contribution in [0.1, 0.15) is 25.1 Å². The highest BCUT2D eigenvalue weighted by molar-refractivity contribution is 7.15. The van der Waals surface area contributed by atoms with Crippen molar-refractivity contribution < 1.29 is 4.79 Å². The van der Waals surface area contributed by atoms with E-state index in [0.29, 0.717) is 23.2 Å². The van der Waals surface area contributed by atoms with Crippen molar-refractivity contribution >= 4 is 39.7 Å². The third kappa shape index (κ3) is 3.01. The molecule has 8 heteroatoms. The van der Waals surface area contributed by atoms with Gasteiger partial charge in [-0.1, -0.05) is 13.8 Å². The molecule has 1 amide bonds. The minimum Gasteiger partial charge on any atom is -0.356 e. The first kappa shape index (κ1) is 14.7. The molecular formula is C14H18N6OS. The Kier molecular flexibility index (Phi) is 3.93. The first-order valence-corrected chi connectivity index (χ1v) is 7.96. The molecule has 1 aliphatic rings. The molecule has 0 spiro atoms. The van der Waals surface area contributed by atoms with E-state index >= 15 is 0 Å². The van der Waals surface area contributed by atoms with E-state index in [9.17, 15) is 4.79 Å². The molecule has 7 nitrogen and oxygen atoms in total. The maximum Gasteiger partial charge on any atom is 0.247 e. The molecule has 0 bridgehead atoms. The Labute approximate surface area is 132 Å². The summed E-state index contributed by atoms with van der Waals surface area (Å²) in [4.78, 5) is 26.0. The van der Waals surface area contributed by atoms with Crippen LogP contribution in [0.15, 0.2) is 12.5 Å². The number of aryl methyl sites for hydroxylation is 1. The number of aromatic nitrogens is 3. The average Bonchev–Trinajstić information content (AvgIpc) is 2.85. The summed E-state index contributed by atoms with van der Waals surface area (Å²) in [6, 6.07) is -0.266. The molecule has 2 aromatic heterocycles. The maximum atomic E-state index is 12.2. The highest BCUT2D eigenvalue weighted by Gasteiger charge is 2.29. The van der Waals surface area contributed by atoms with Crippen LogP contribution < -0.4 is 16.0 Å². The fourth-order valence-corrected chi connectivity index (χ4v) is 2.96. The number of nitrogens with zero attached hydrogens (tertiary/aromatic N) is 3. The Hall–Kier alpha value is -2.22. The van der Waals surface area contributed by atoms with Gasteiger partial charge in [-0.2, -0.15) is 0 Å². The number of nitrogens with one attached hydrogen (secondary N) is 3. The lowest BCUT2D eigenvalue weighted by Gasteiger charge is -2.27. The second-order valence-corrected chi connectivity index (χ2v) is 6.90. The lowest BCUT2D eigenvalue weighted by Crippen LogP contribution is -2.40. The Morgan fingerprint density at radius 2 is 2.18 bits per heavy atom. The zero-order valence-electron chi connectivity index (χ0n) is 12.7. The van der Waals surface area contributed by atoms with Gasteiger partial charge >= 0.3 is 0 Å². The standard InChI is InChI=1S/C14H18N6OS/c1-7(2)4-9-13(21)19-10-11(18-9)16-6-17-12(10)20-14-15-5-8(3)22-14/h5-7,9H,4H2,1-3H3,(H,19,21)(H2,15,16,17,18,20). The van der Waals surface area contributed by atoms with Gasteiger partial charge in [0.1, 0.15) is 18.1 Å². The van der Waals surface area contributed by atoms with Gasteiger partial charge in [0.2, 0.25) is 5.91 Å². The van der Waals surface area contributed by atoms with Crippen LogP contribution in [-0.4, -0.2) is 26.9 Å². The van der Waals surface area contributed by atoms with Crippen LogP contribution in [0.5, 0.6) is 0 Å². The van der Waals surface area contributed by atoms with Crippen LogP contribution in [0.2, 0.25) is 0 Å². The van der Waals surface area contributed by atoms with E-state index in [-0.39, 0.29) is 11.9 Å². The molecule has 0 radical (unpaired) electrons. The summed E-state index contributed by atoms with van der Waals surface area (Å²) in [6.07, 6.45) is 4.01. The molecule has 0 fully saturated rings. The van der Waals surface area contributed by atoms with E-state index in [1.807, 2.05) is 6.92 Å². The van der Waals surface area contributed by atoms with Crippen LogP contribution in [0, 0.1) is 12.8 Å². The van der Waals surface area contributed by atoms with E-state index in [0.717, 1.165) is 16.4 Å². The van der Waals surface area contributed by atoms with Gasteiger partial charge < -0.3 is 16.0 Å². The fraction of sp³-hybridized carbons (Fsp3) is 0.429. The number of hydrogen-bond donors (Lipinski definition) is 3. The van der Waals surface area contributed by atoms with Crippen LogP contribution in [0.4, 0.5) is 22.5 Å². The van der Waals surface area contributed by atoms with E-state index in [2.05, 4.69) is 44.7 Å². The van der Waals surface area contributed by atoms with Crippen LogP contribution in [-0.2, 0) is 4.79 Å². The summed E-state index contributed by atoms with van der Waals surface area (Å²) >= 11 is 1.53. The number of thiazole rings is 1. The molecule has 116 valence electrons. The molecule has 1 atom stereocenters. The van der Waals surface area contributed by atoms with Crippen molar-refractivity contribution in [3.8, 4) is 0 Å². The number of fused-ring (bicyclic) bond motifs is 1. The minimum atomic E-state index is -0.266. The van der Waals surface area contributed by atoms with Gasteiger partial charge in [0, 0.05) is 11.1 Å². The number of carbonyl (C=O) groups is 1. The Morgan fingerprint density at radius 3 is 2.86 bits per heavy atom. The monoisotopic (exact) mass is 318 g/mol. The molecule has 0 saturated heterocycles. The number of hydrogen-bond acceptors (Lipinski definition) is 7. The molecule has 3 heterocycles. The Morgan fingerprint density at radius 1 is 1.36 bits per heavy atom. The van der Waals surface area contributed by atoms with Gasteiger partial charge in [0.05, 0.1) is 0 Å². The molecule has 2 aromatic rings. The second kappa shape index (κ2) is 5.88. The SMILES string of the molecule is Cc1cnc(Nc2ncnc3c2NC(=O)C(CC(C)C)N3)s1. The normalized spacial score (nSPS) is 16.9. The lowest BCUT2D eigenvalue weighted by atomic mass is 10.0. The van der Waals surface area contributed by atoms with Crippen molar-refractivity contribution in [1.82, 2.24) is 15.0 Å². The van der Waals surface area contributed by atoms with E-state index in [4.69, 9.17) is 0 Å². The largest absolute Gasteiger partial charge is 0.356 e. The molecule has 1 unspecified atom stereocenters. The van der Waals surface area contributed by atoms with Crippen molar-refractivity contribution in [1.29, 1.82) is 0 Å². The molecule has 0 aromatic carbocycles. The molecule has 3 rings (SSSR count). The van der Waals surface area contributed by atoms with Crippen molar-refractivity contribution in [2.75, 3.05) is 16.0 Å². The number of amides is 1. The summed E-state index contributed by atoms with van der Waals surface area (Å²) in [5.74, 6) is 1.54. The number of rotatable bonds is 4. The van der Waals surface area contributed by atoms with E-state index < -0.39 is 0 Å². The van der Waals surface area contributed by atoms with Gasteiger partial charge in [-0.05, 0) is 19.3 Å². The molecule has 1 aliphatic heterocycles. The number of carbonyl (C=O) groups excluding carboxylic acids is 1. The first-order chi connectivity index (χ1) is 10.5. The fourth-order valence-electron chi connectivity index (χ4n) is 2.30. The summed E-state index contributed by atoms with van der Waals surface area (Å²) < 4.78 is 0. The van der Waals surface area contributed by atoms with Gasteiger partial charge in [-0.25, -0.2) is 15.0 Å². The topological polar surface area (TPSA) is 91.8 Å². The van der Waals surface area contributed by atoms with E-state index in [1.165, 1.54) is 17.7 Å². The van der Waals surface area contributed by atoms with Crippen LogP contribution >= 0.6 is 11.3 Å². The minimum absolute atomic E-state index is 0.0608. The third-order valence-corrected chi connectivity index (χ3v) is 4.10. The third-order valence-electron chi connectivity index (χ3n) is 3.28. The zero-order valence-corrected chi connectivity index (χ0v) is 13.5. The predicted octanol–water partition coefficient (Wildman–Crippen LogP) is 2.76. The molecule has 3 N–H and O–H groups in total. The molecular weight excluding hydrogens is 300 g/mol. The smallest absolute Gasteiger partial charge is 0.247 e.